The maximum Gasteiger partial charge on any atom is 0.243 e. The first-order chi connectivity index (χ1) is 10.9. The van der Waals surface area contributed by atoms with Crippen LogP contribution in [-0.4, -0.2) is 44.1 Å². The molecular formula is C17H25NO4S. The highest BCUT2D eigenvalue weighted by Crippen LogP contribution is 2.26. The fourth-order valence-corrected chi connectivity index (χ4v) is 4.96. The molecular weight excluding hydrogens is 314 g/mol. The van der Waals surface area contributed by atoms with E-state index in [4.69, 9.17) is 9.47 Å². The van der Waals surface area contributed by atoms with Gasteiger partial charge in [0, 0.05) is 13.1 Å². The van der Waals surface area contributed by atoms with Crippen LogP contribution in [0.4, 0.5) is 0 Å². The van der Waals surface area contributed by atoms with Gasteiger partial charge in [-0.2, -0.15) is 4.31 Å². The first-order valence-electron chi connectivity index (χ1n) is 8.37. The highest BCUT2D eigenvalue weighted by molar-refractivity contribution is 7.89. The Morgan fingerprint density at radius 2 is 1.61 bits per heavy atom. The van der Waals surface area contributed by atoms with E-state index in [0.717, 1.165) is 18.6 Å². The molecule has 1 aliphatic heterocycles. The number of benzene rings is 1. The summed E-state index contributed by atoms with van der Waals surface area (Å²) in [5.74, 6) is 0.750. The lowest BCUT2D eigenvalue weighted by Crippen LogP contribution is -2.48. The molecule has 1 aromatic carbocycles. The van der Waals surface area contributed by atoms with Gasteiger partial charge in [-0.05, 0) is 63.8 Å². The van der Waals surface area contributed by atoms with Gasteiger partial charge in [0.05, 0.1) is 23.2 Å². The third-order valence-corrected chi connectivity index (χ3v) is 6.30. The van der Waals surface area contributed by atoms with Crippen molar-refractivity contribution in [2.24, 2.45) is 0 Å². The van der Waals surface area contributed by atoms with Crippen molar-refractivity contribution in [1.29, 1.82) is 0 Å². The largest absolute Gasteiger partial charge is 0.490 e. The third kappa shape index (κ3) is 3.87. The summed E-state index contributed by atoms with van der Waals surface area (Å²) in [6, 6.07) is 6.81. The number of hydrogen-bond acceptors (Lipinski definition) is 4. The summed E-state index contributed by atoms with van der Waals surface area (Å²) < 4.78 is 38.5. The summed E-state index contributed by atoms with van der Waals surface area (Å²) in [6.45, 7) is 4.59. The Morgan fingerprint density at radius 1 is 1.04 bits per heavy atom. The summed E-state index contributed by atoms with van der Waals surface area (Å²) in [6.07, 6.45) is 4.71. The zero-order valence-corrected chi connectivity index (χ0v) is 14.6. The molecule has 6 heteroatoms. The van der Waals surface area contributed by atoms with Crippen LogP contribution in [0.15, 0.2) is 29.2 Å². The second-order valence-electron chi connectivity index (χ2n) is 6.58. The van der Waals surface area contributed by atoms with Gasteiger partial charge >= 0.3 is 0 Å². The van der Waals surface area contributed by atoms with Crippen molar-refractivity contribution in [2.45, 2.75) is 62.7 Å². The molecule has 1 saturated carbocycles. The predicted molar refractivity (Wildman–Crippen MR) is 88.1 cm³/mol. The van der Waals surface area contributed by atoms with Gasteiger partial charge in [-0.15, -0.1) is 0 Å². The molecule has 0 radical (unpaired) electrons. The Balaban J connectivity index is 1.72. The molecule has 1 heterocycles. The monoisotopic (exact) mass is 339 g/mol. The zero-order valence-electron chi connectivity index (χ0n) is 13.8. The molecule has 23 heavy (non-hydrogen) atoms. The molecule has 2 aliphatic rings. The second-order valence-corrected chi connectivity index (χ2v) is 8.51. The zero-order chi connectivity index (χ0) is 16.4. The smallest absolute Gasteiger partial charge is 0.243 e. The Labute approximate surface area is 138 Å². The van der Waals surface area contributed by atoms with Gasteiger partial charge < -0.3 is 9.47 Å². The van der Waals surface area contributed by atoms with Crippen LogP contribution in [0.25, 0.3) is 0 Å². The van der Waals surface area contributed by atoms with E-state index in [1.54, 1.807) is 24.3 Å². The topological polar surface area (TPSA) is 55.8 Å². The summed E-state index contributed by atoms with van der Waals surface area (Å²) >= 11 is 0. The number of nitrogens with zero attached hydrogens (tertiary/aromatic N) is 1. The van der Waals surface area contributed by atoms with Crippen molar-refractivity contribution >= 4 is 10.0 Å². The van der Waals surface area contributed by atoms with Gasteiger partial charge in [-0.25, -0.2) is 8.42 Å². The van der Waals surface area contributed by atoms with Crippen molar-refractivity contribution in [1.82, 2.24) is 4.31 Å². The minimum atomic E-state index is -3.47. The van der Waals surface area contributed by atoms with E-state index in [0.29, 0.717) is 18.0 Å². The fourth-order valence-electron chi connectivity index (χ4n) is 3.36. The molecule has 0 aromatic heterocycles. The third-order valence-electron chi connectivity index (χ3n) is 4.45. The second kappa shape index (κ2) is 6.79. The molecule has 2 atom stereocenters. The van der Waals surface area contributed by atoms with E-state index in [-0.39, 0.29) is 18.3 Å². The van der Waals surface area contributed by atoms with Crippen molar-refractivity contribution < 1.29 is 17.9 Å². The Morgan fingerprint density at radius 3 is 2.17 bits per heavy atom. The van der Waals surface area contributed by atoms with Crippen molar-refractivity contribution in [3.8, 4) is 5.75 Å². The van der Waals surface area contributed by atoms with Crippen LogP contribution in [0.5, 0.6) is 5.75 Å². The van der Waals surface area contributed by atoms with E-state index >= 15 is 0 Å². The van der Waals surface area contributed by atoms with Crippen LogP contribution >= 0.6 is 0 Å². The molecule has 2 fully saturated rings. The highest BCUT2D eigenvalue weighted by atomic mass is 32.2. The van der Waals surface area contributed by atoms with Crippen LogP contribution in [-0.2, 0) is 14.8 Å². The van der Waals surface area contributed by atoms with Crippen molar-refractivity contribution in [2.75, 3.05) is 13.1 Å². The normalized spacial score (nSPS) is 27.2. The number of hydrogen-bond donors (Lipinski definition) is 0. The van der Waals surface area contributed by atoms with Crippen LogP contribution < -0.4 is 4.74 Å². The number of rotatable bonds is 4. The maximum atomic E-state index is 12.8. The van der Waals surface area contributed by atoms with Crippen molar-refractivity contribution in [3.05, 3.63) is 24.3 Å². The molecule has 0 spiro atoms. The Bertz CT molecular complexity index is 612. The first-order valence-corrected chi connectivity index (χ1v) is 9.81. The van der Waals surface area contributed by atoms with E-state index < -0.39 is 10.0 Å². The van der Waals surface area contributed by atoms with Gasteiger partial charge in [0.15, 0.2) is 0 Å². The standard InChI is InChI=1S/C17H25NO4S/c1-13-11-18(12-14(2)21-13)23(19,20)17-9-7-16(8-10-17)22-15-5-3-4-6-15/h7-10,13-15H,3-6,11-12H2,1-2H3. The lowest BCUT2D eigenvalue weighted by Gasteiger charge is -2.34. The van der Waals surface area contributed by atoms with E-state index in [1.165, 1.54) is 17.1 Å². The summed E-state index contributed by atoms with van der Waals surface area (Å²) in [5.41, 5.74) is 0. The average Bonchev–Trinajstić information content (AvgIpc) is 3.00. The minimum Gasteiger partial charge on any atom is -0.490 e. The van der Waals surface area contributed by atoms with Crippen LogP contribution in [0.1, 0.15) is 39.5 Å². The number of sulfonamides is 1. The first kappa shape index (κ1) is 16.7. The highest BCUT2D eigenvalue weighted by Gasteiger charge is 2.32. The molecule has 1 aliphatic carbocycles. The van der Waals surface area contributed by atoms with Gasteiger partial charge in [-0.3, -0.25) is 0 Å². The average molecular weight is 339 g/mol. The molecule has 2 unspecified atom stereocenters. The minimum absolute atomic E-state index is 0.0847. The molecule has 1 aromatic rings. The molecule has 3 rings (SSSR count). The SMILES string of the molecule is CC1CN(S(=O)(=O)c2ccc(OC3CCCC3)cc2)CC(C)O1. The lowest BCUT2D eigenvalue weighted by molar-refractivity contribution is -0.0440. The van der Waals surface area contributed by atoms with Gasteiger partial charge in [0.1, 0.15) is 5.75 Å². The van der Waals surface area contributed by atoms with Crippen LogP contribution in [0.3, 0.4) is 0 Å². The number of morpholine rings is 1. The summed E-state index contributed by atoms with van der Waals surface area (Å²) in [5, 5.41) is 0. The maximum absolute atomic E-state index is 12.8. The van der Waals surface area contributed by atoms with E-state index in [1.807, 2.05) is 13.8 Å². The van der Waals surface area contributed by atoms with E-state index in [2.05, 4.69) is 0 Å². The summed E-state index contributed by atoms with van der Waals surface area (Å²) in [7, 11) is -3.47. The summed E-state index contributed by atoms with van der Waals surface area (Å²) in [4.78, 5) is 0.317. The number of ether oxygens (including phenoxy) is 2. The van der Waals surface area contributed by atoms with Crippen LogP contribution in [0, 0.1) is 0 Å². The Kier molecular flexibility index (Phi) is 4.94. The Hall–Kier alpha value is -1.11. The fraction of sp³-hybridized carbons (Fsp3) is 0.647. The molecule has 1 saturated heterocycles. The predicted octanol–water partition coefficient (Wildman–Crippen LogP) is 2.81. The molecule has 5 nitrogen and oxygen atoms in total. The quantitative estimate of drug-likeness (QED) is 0.846. The van der Waals surface area contributed by atoms with Crippen molar-refractivity contribution in [3.63, 3.8) is 0 Å². The molecule has 0 N–H and O–H groups in total. The van der Waals surface area contributed by atoms with E-state index in [9.17, 15) is 8.42 Å². The molecule has 128 valence electrons. The van der Waals surface area contributed by atoms with Gasteiger partial charge in [-0.1, -0.05) is 0 Å². The van der Waals surface area contributed by atoms with Gasteiger partial charge in [0.25, 0.3) is 0 Å². The molecule has 0 amide bonds. The van der Waals surface area contributed by atoms with Crippen LogP contribution in [0.2, 0.25) is 0 Å². The lowest BCUT2D eigenvalue weighted by atomic mass is 10.3. The van der Waals surface area contributed by atoms with Gasteiger partial charge in [0.2, 0.25) is 10.0 Å². The molecule has 0 bridgehead atoms.